The van der Waals surface area contributed by atoms with Crippen LogP contribution in [-0.2, 0) is 0 Å². The lowest BCUT2D eigenvalue weighted by atomic mass is 9.99. The Bertz CT molecular complexity index is 378. The van der Waals surface area contributed by atoms with Gasteiger partial charge in [-0.2, -0.15) is 0 Å². The Balaban J connectivity index is 2.49. The smallest absolute Gasteiger partial charge is 0.0224 e. The zero-order valence-corrected chi connectivity index (χ0v) is 10.0. The van der Waals surface area contributed by atoms with Gasteiger partial charge < -0.3 is 0 Å². The molecule has 14 heavy (non-hydrogen) atoms. The van der Waals surface area contributed by atoms with Crippen LogP contribution in [0.5, 0.6) is 0 Å². The highest BCUT2D eigenvalue weighted by atomic mass is 31.1. The van der Waals surface area contributed by atoms with E-state index in [9.17, 15) is 0 Å². The van der Waals surface area contributed by atoms with Crippen molar-refractivity contribution in [3.05, 3.63) is 33.7 Å². The molecule has 1 heteroatoms. The van der Waals surface area contributed by atoms with Gasteiger partial charge in [0.15, 0.2) is 0 Å². The molecule has 0 aromatic carbocycles. The highest BCUT2D eigenvalue weighted by Gasteiger charge is 2.24. The first-order valence-corrected chi connectivity index (χ1v) is 6.35. The first-order chi connectivity index (χ1) is 6.81. The molecule has 0 spiro atoms. The van der Waals surface area contributed by atoms with E-state index < -0.39 is 0 Å². The number of fused-ring (bicyclic) bond motifs is 1. The second-order valence-corrected chi connectivity index (χ2v) is 4.65. The molecule has 0 N–H and O–H groups in total. The maximum absolute atomic E-state index is 3.47. The third-order valence-corrected chi connectivity index (χ3v) is 4.11. The van der Waals surface area contributed by atoms with Crippen LogP contribution in [0, 0.1) is 0 Å². The highest BCUT2D eigenvalue weighted by Crippen LogP contribution is 2.44. The molecule has 1 radical (unpaired) electrons. The van der Waals surface area contributed by atoms with Gasteiger partial charge in [-0.05, 0) is 52.9 Å². The summed E-state index contributed by atoms with van der Waals surface area (Å²) in [6.07, 6.45) is 5.83. The zero-order chi connectivity index (χ0) is 10.1. The Hall–Kier alpha value is -0.610. The van der Waals surface area contributed by atoms with Gasteiger partial charge in [0, 0.05) is 5.80 Å². The van der Waals surface area contributed by atoms with Crippen LogP contribution in [0.25, 0.3) is 0 Å². The fraction of sp³-hybridized carbons (Fsp3) is 0.462. The van der Waals surface area contributed by atoms with Gasteiger partial charge in [-0.1, -0.05) is 29.0 Å². The maximum atomic E-state index is 3.47. The van der Waals surface area contributed by atoms with Gasteiger partial charge in [0.2, 0.25) is 0 Å². The van der Waals surface area contributed by atoms with E-state index in [-0.39, 0.29) is 0 Å². The fourth-order valence-corrected chi connectivity index (χ4v) is 3.19. The van der Waals surface area contributed by atoms with E-state index in [2.05, 4.69) is 32.6 Å². The number of rotatable bonds is 3. The normalized spacial score (nSPS) is 20.6. The first kappa shape index (κ1) is 9.93. The van der Waals surface area contributed by atoms with Gasteiger partial charge >= 0.3 is 0 Å². The van der Waals surface area contributed by atoms with E-state index in [1.807, 2.05) is 0 Å². The molecule has 1 aliphatic carbocycles. The largest absolute Gasteiger partial charge is 0.0626 e. The standard InChI is InChI=1S/C13H16P/c1-4-9-7-10-8-14-12(6-3)13(10)11(9)5-2/h7H,4-6H2,1-3H3. The quantitative estimate of drug-likeness (QED) is 0.598. The summed E-state index contributed by atoms with van der Waals surface area (Å²) < 4.78 is 0. The van der Waals surface area contributed by atoms with Crippen molar-refractivity contribution in [2.75, 3.05) is 0 Å². The Labute approximate surface area is 88.2 Å². The predicted octanol–water partition coefficient (Wildman–Crippen LogP) is 4.35. The summed E-state index contributed by atoms with van der Waals surface area (Å²) in [7, 11) is 1.31. The molecular formula is C13H16P. The second kappa shape index (κ2) is 3.87. The lowest BCUT2D eigenvalue weighted by Gasteiger charge is -2.07. The van der Waals surface area contributed by atoms with Crippen molar-refractivity contribution in [3.63, 3.8) is 0 Å². The molecule has 0 nitrogen and oxygen atoms in total. The summed E-state index contributed by atoms with van der Waals surface area (Å²) in [6.45, 7) is 6.75. The lowest BCUT2D eigenvalue weighted by molar-refractivity contribution is 1.04. The maximum Gasteiger partial charge on any atom is 0.0224 e. The van der Waals surface area contributed by atoms with Gasteiger partial charge in [-0.25, -0.2) is 0 Å². The fourth-order valence-electron chi connectivity index (χ4n) is 2.23. The Morgan fingerprint density at radius 3 is 2.50 bits per heavy atom. The molecule has 0 unspecified atom stereocenters. The van der Waals surface area contributed by atoms with Gasteiger partial charge in [-0.3, -0.25) is 0 Å². The molecule has 1 heterocycles. The van der Waals surface area contributed by atoms with E-state index >= 15 is 0 Å². The third-order valence-electron chi connectivity index (χ3n) is 2.95. The number of hydrogen-bond acceptors (Lipinski definition) is 0. The van der Waals surface area contributed by atoms with Crippen LogP contribution in [-0.4, -0.2) is 5.80 Å². The van der Waals surface area contributed by atoms with Gasteiger partial charge in [0.1, 0.15) is 0 Å². The summed E-state index contributed by atoms with van der Waals surface area (Å²) in [6, 6.07) is 0. The molecule has 0 aromatic rings. The van der Waals surface area contributed by atoms with Crippen LogP contribution in [0.1, 0.15) is 40.0 Å². The average Bonchev–Trinajstić information content (AvgIpc) is 2.74. The number of allylic oxidation sites excluding steroid dienone is 6. The van der Waals surface area contributed by atoms with E-state index in [1.165, 1.54) is 37.8 Å². The van der Waals surface area contributed by atoms with Crippen LogP contribution in [0.3, 0.4) is 0 Å². The second-order valence-electron chi connectivity index (χ2n) is 3.67. The van der Waals surface area contributed by atoms with Gasteiger partial charge in [-0.15, -0.1) is 0 Å². The Kier molecular flexibility index (Phi) is 2.74. The average molecular weight is 203 g/mol. The van der Waals surface area contributed by atoms with Crippen molar-refractivity contribution < 1.29 is 0 Å². The third kappa shape index (κ3) is 1.33. The van der Waals surface area contributed by atoms with E-state index in [0.29, 0.717) is 0 Å². The molecule has 2 aliphatic rings. The molecule has 0 amide bonds. The lowest BCUT2D eigenvalue weighted by Crippen LogP contribution is -1.89. The molecule has 0 bridgehead atoms. The van der Waals surface area contributed by atoms with Crippen LogP contribution >= 0.6 is 8.20 Å². The summed E-state index contributed by atoms with van der Waals surface area (Å²) >= 11 is 0. The molecule has 0 fully saturated rings. The van der Waals surface area contributed by atoms with Crippen molar-refractivity contribution in [1.82, 2.24) is 0 Å². The van der Waals surface area contributed by atoms with Crippen molar-refractivity contribution >= 4 is 14.0 Å². The van der Waals surface area contributed by atoms with E-state index in [1.54, 1.807) is 10.9 Å². The minimum Gasteiger partial charge on any atom is -0.0626 e. The SMILES string of the molecule is CCC1=C(CC)C2=C(CC)P=[C]C2=C1. The van der Waals surface area contributed by atoms with Crippen LogP contribution in [0.4, 0.5) is 0 Å². The Morgan fingerprint density at radius 2 is 1.93 bits per heavy atom. The summed E-state index contributed by atoms with van der Waals surface area (Å²) in [5, 5.41) is 1.57. The summed E-state index contributed by atoms with van der Waals surface area (Å²) in [4.78, 5) is 0. The highest BCUT2D eigenvalue weighted by molar-refractivity contribution is 7.44. The summed E-state index contributed by atoms with van der Waals surface area (Å²) in [5.74, 6) is 3.47. The minimum absolute atomic E-state index is 1.16. The minimum atomic E-state index is 1.16. The van der Waals surface area contributed by atoms with Crippen LogP contribution in [0.2, 0.25) is 0 Å². The van der Waals surface area contributed by atoms with Gasteiger partial charge in [0.05, 0.1) is 0 Å². The van der Waals surface area contributed by atoms with Crippen molar-refractivity contribution in [1.29, 1.82) is 0 Å². The Morgan fingerprint density at radius 1 is 1.14 bits per heavy atom. The molecule has 0 saturated carbocycles. The van der Waals surface area contributed by atoms with Crippen LogP contribution in [0.15, 0.2) is 33.7 Å². The first-order valence-electron chi connectivity index (χ1n) is 5.46. The molecule has 0 saturated heterocycles. The van der Waals surface area contributed by atoms with Gasteiger partial charge in [0.25, 0.3) is 0 Å². The topological polar surface area (TPSA) is 0 Å². The van der Waals surface area contributed by atoms with Crippen molar-refractivity contribution in [2.24, 2.45) is 0 Å². The van der Waals surface area contributed by atoms with E-state index in [4.69, 9.17) is 0 Å². The molecule has 1 aliphatic heterocycles. The number of hydrogen-bond donors (Lipinski definition) is 0. The van der Waals surface area contributed by atoms with Crippen molar-refractivity contribution in [2.45, 2.75) is 40.0 Å². The molecular weight excluding hydrogens is 187 g/mol. The van der Waals surface area contributed by atoms with Crippen LogP contribution < -0.4 is 0 Å². The molecule has 73 valence electrons. The zero-order valence-electron chi connectivity index (χ0n) is 9.15. The van der Waals surface area contributed by atoms with E-state index in [0.717, 1.165) is 6.42 Å². The summed E-state index contributed by atoms with van der Waals surface area (Å²) in [5.41, 5.74) is 6.02. The molecule has 2 rings (SSSR count). The molecule has 0 atom stereocenters. The molecule has 0 aromatic heterocycles. The van der Waals surface area contributed by atoms with Crippen molar-refractivity contribution in [3.8, 4) is 0 Å². The monoisotopic (exact) mass is 203 g/mol. The predicted molar refractivity (Wildman–Crippen MR) is 64.9 cm³/mol.